The summed E-state index contributed by atoms with van der Waals surface area (Å²) < 4.78 is 11.6. The molecule has 7 rings (SSSR count). The van der Waals surface area contributed by atoms with Crippen LogP contribution in [0.25, 0.3) is 6.08 Å². The second kappa shape index (κ2) is 9.55. The van der Waals surface area contributed by atoms with Gasteiger partial charge < -0.3 is 14.4 Å². The Morgan fingerprint density at radius 1 is 0.786 bits per heavy atom. The van der Waals surface area contributed by atoms with E-state index in [0.29, 0.717) is 33.8 Å². The first kappa shape index (κ1) is 26.0. The summed E-state index contributed by atoms with van der Waals surface area (Å²) >= 11 is 0. The molecule has 0 unspecified atom stereocenters. The third-order valence-electron chi connectivity index (χ3n) is 9.09. The minimum absolute atomic E-state index is 0.173. The van der Waals surface area contributed by atoms with Gasteiger partial charge in [-0.05, 0) is 24.6 Å². The first-order chi connectivity index (χ1) is 20.4. The van der Waals surface area contributed by atoms with Crippen LogP contribution < -0.4 is 14.4 Å². The number of para-hydroxylation sites is 2. The molecule has 2 heterocycles. The van der Waals surface area contributed by atoms with E-state index in [1.54, 1.807) is 37.4 Å². The summed E-state index contributed by atoms with van der Waals surface area (Å²) in [6, 6.07) is 26.0. The van der Waals surface area contributed by atoms with E-state index in [-0.39, 0.29) is 17.3 Å². The zero-order valence-electron chi connectivity index (χ0n) is 23.5. The van der Waals surface area contributed by atoms with Crippen LogP contribution in [0.15, 0.2) is 97.1 Å². The first-order valence-corrected chi connectivity index (χ1v) is 14.0. The van der Waals surface area contributed by atoms with E-state index in [4.69, 9.17) is 9.47 Å². The normalized spacial score (nSPS) is 21.2. The van der Waals surface area contributed by atoms with Crippen LogP contribution in [-0.4, -0.2) is 43.7 Å². The summed E-state index contributed by atoms with van der Waals surface area (Å²) in [5.74, 6) is -0.756. The number of fused-ring (bicyclic) bond motifs is 5. The Labute approximate surface area is 244 Å². The molecule has 1 saturated heterocycles. The molecule has 3 aliphatic rings. The molecule has 2 aliphatic heterocycles. The minimum Gasteiger partial charge on any atom is -0.493 e. The van der Waals surface area contributed by atoms with Gasteiger partial charge in [-0.15, -0.1) is 0 Å². The van der Waals surface area contributed by atoms with E-state index in [9.17, 15) is 14.4 Å². The van der Waals surface area contributed by atoms with Gasteiger partial charge in [0.15, 0.2) is 28.8 Å². The highest BCUT2D eigenvalue weighted by Crippen LogP contribution is 2.62. The number of ether oxygens (including phenoxy) is 2. The molecule has 6 heteroatoms. The van der Waals surface area contributed by atoms with Crippen molar-refractivity contribution in [3.05, 3.63) is 130 Å². The number of Topliss-reactive ketones (excluding diaryl/α,β-unsaturated/α-hetero) is 3. The molecule has 4 aromatic rings. The maximum absolute atomic E-state index is 14.8. The zero-order chi connectivity index (χ0) is 29.2. The van der Waals surface area contributed by atoms with Gasteiger partial charge >= 0.3 is 0 Å². The van der Waals surface area contributed by atoms with E-state index in [2.05, 4.69) is 0 Å². The van der Waals surface area contributed by atoms with Gasteiger partial charge in [-0.3, -0.25) is 14.4 Å². The number of carbonyl (C=O) groups is 3. The fraction of sp³-hybridized carbons (Fsp3) is 0.194. The van der Waals surface area contributed by atoms with E-state index < -0.39 is 23.4 Å². The predicted molar refractivity (Wildman–Crippen MR) is 161 cm³/mol. The summed E-state index contributed by atoms with van der Waals surface area (Å²) in [4.78, 5) is 46.5. The Morgan fingerprint density at radius 2 is 1.45 bits per heavy atom. The maximum atomic E-state index is 14.8. The van der Waals surface area contributed by atoms with Crippen molar-refractivity contribution in [3.63, 3.8) is 0 Å². The van der Waals surface area contributed by atoms with Crippen molar-refractivity contribution in [3.8, 4) is 11.5 Å². The molecule has 0 radical (unpaired) electrons. The molecule has 4 aromatic carbocycles. The van der Waals surface area contributed by atoms with E-state index in [1.807, 2.05) is 84.6 Å². The molecule has 0 bridgehead atoms. The van der Waals surface area contributed by atoms with Gasteiger partial charge in [-0.1, -0.05) is 96.6 Å². The summed E-state index contributed by atoms with van der Waals surface area (Å²) in [5, 5.41) is 0. The fourth-order valence-electron chi connectivity index (χ4n) is 7.31. The zero-order valence-corrected chi connectivity index (χ0v) is 23.5. The molecule has 0 amide bonds. The first-order valence-electron chi connectivity index (χ1n) is 14.0. The lowest BCUT2D eigenvalue weighted by Gasteiger charge is -2.37. The van der Waals surface area contributed by atoms with Crippen molar-refractivity contribution in [1.82, 2.24) is 0 Å². The molecule has 0 saturated carbocycles. The van der Waals surface area contributed by atoms with Crippen molar-refractivity contribution in [2.45, 2.75) is 24.9 Å². The smallest absolute Gasteiger partial charge is 0.185 e. The Balaban J connectivity index is 1.58. The standard InChI is InChI=1S/C36H29NO5/c1-21-15-17-23(18-16-21)32(38)31-30(26-12-8-14-28(41-2)33(26)42-3)36(34(39)24-10-5-6-11-25(24)35(36)40)29-20-19-22-9-4-7-13-27(22)37(29)31/h4-20,29-31H,1-3H3/t29-,30+,31-/m1/s1. The van der Waals surface area contributed by atoms with E-state index in [0.717, 1.165) is 16.8 Å². The predicted octanol–water partition coefficient (Wildman–Crippen LogP) is 6.33. The molecule has 1 aliphatic carbocycles. The van der Waals surface area contributed by atoms with Crippen molar-refractivity contribution >= 4 is 29.1 Å². The molecule has 42 heavy (non-hydrogen) atoms. The van der Waals surface area contributed by atoms with Crippen molar-refractivity contribution < 1.29 is 23.9 Å². The lowest BCUT2D eigenvalue weighted by atomic mass is 9.64. The highest BCUT2D eigenvalue weighted by molar-refractivity contribution is 6.32. The van der Waals surface area contributed by atoms with Gasteiger partial charge in [-0.25, -0.2) is 0 Å². The molecule has 0 aromatic heterocycles. The molecular formula is C36H29NO5. The number of methoxy groups -OCH3 is 2. The number of anilines is 1. The second-order valence-electron chi connectivity index (χ2n) is 11.1. The number of hydrogen-bond donors (Lipinski definition) is 0. The summed E-state index contributed by atoms with van der Waals surface area (Å²) in [6.45, 7) is 1.97. The lowest BCUT2D eigenvalue weighted by molar-refractivity contribution is 0.0664. The molecular weight excluding hydrogens is 526 g/mol. The third-order valence-corrected chi connectivity index (χ3v) is 9.09. The third kappa shape index (κ3) is 3.35. The quantitative estimate of drug-likeness (QED) is 0.212. The number of nitrogens with zero attached hydrogens (tertiary/aromatic N) is 1. The van der Waals surface area contributed by atoms with Crippen LogP contribution in [0.1, 0.15) is 53.7 Å². The average Bonchev–Trinajstić information content (AvgIpc) is 3.46. The number of hydrogen-bond acceptors (Lipinski definition) is 6. The number of carbonyl (C=O) groups excluding carboxylic acids is 3. The van der Waals surface area contributed by atoms with Gasteiger partial charge in [0.25, 0.3) is 0 Å². The van der Waals surface area contributed by atoms with Crippen LogP contribution in [0.5, 0.6) is 11.5 Å². The molecule has 6 nitrogen and oxygen atoms in total. The highest BCUT2D eigenvalue weighted by atomic mass is 16.5. The number of aryl methyl sites for hydroxylation is 1. The lowest BCUT2D eigenvalue weighted by Crippen LogP contribution is -2.48. The van der Waals surface area contributed by atoms with Gasteiger partial charge in [0, 0.05) is 33.9 Å². The maximum Gasteiger partial charge on any atom is 0.185 e. The van der Waals surface area contributed by atoms with Crippen LogP contribution in [-0.2, 0) is 0 Å². The molecule has 0 N–H and O–H groups in total. The number of benzene rings is 4. The fourth-order valence-corrected chi connectivity index (χ4v) is 7.31. The SMILES string of the molecule is COc1cccc([C@H]2[C@H](C(=O)c3ccc(C)cc3)N3c4ccccc4C=C[C@@H]3C23C(=O)c2ccccc2C3=O)c1OC. The van der Waals surface area contributed by atoms with E-state index >= 15 is 0 Å². The monoisotopic (exact) mass is 555 g/mol. The number of ketones is 3. The Bertz CT molecular complexity index is 1770. The minimum atomic E-state index is -1.61. The summed E-state index contributed by atoms with van der Waals surface area (Å²) in [7, 11) is 3.08. The summed E-state index contributed by atoms with van der Waals surface area (Å²) in [5.41, 5.74) is 2.98. The van der Waals surface area contributed by atoms with Crippen LogP contribution in [0, 0.1) is 12.3 Å². The summed E-state index contributed by atoms with van der Waals surface area (Å²) in [6.07, 6.45) is 3.88. The van der Waals surface area contributed by atoms with Gasteiger partial charge in [0.2, 0.25) is 0 Å². The Morgan fingerprint density at radius 3 is 2.12 bits per heavy atom. The van der Waals surface area contributed by atoms with Crippen LogP contribution in [0.2, 0.25) is 0 Å². The Hall–Kier alpha value is -4.97. The van der Waals surface area contributed by atoms with Crippen LogP contribution >= 0.6 is 0 Å². The van der Waals surface area contributed by atoms with Crippen LogP contribution in [0.3, 0.4) is 0 Å². The number of rotatable bonds is 5. The van der Waals surface area contributed by atoms with Gasteiger partial charge in [0.05, 0.1) is 20.3 Å². The molecule has 208 valence electrons. The molecule has 1 fully saturated rings. The van der Waals surface area contributed by atoms with Crippen molar-refractivity contribution in [2.24, 2.45) is 5.41 Å². The average molecular weight is 556 g/mol. The highest BCUT2D eigenvalue weighted by Gasteiger charge is 2.72. The Kier molecular flexibility index (Phi) is 5.91. The van der Waals surface area contributed by atoms with Crippen molar-refractivity contribution in [2.75, 3.05) is 19.1 Å². The molecule has 1 spiro atoms. The van der Waals surface area contributed by atoms with Crippen molar-refractivity contribution in [1.29, 1.82) is 0 Å². The molecule has 3 atom stereocenters. The topological polar surface area (TPSA) is 72.9 Å². The van der Waals surface area contributed by atoms with Gasteiger partial charge in [-0.2, -0.15) is 0 Å². The van der Waals surface area contributed by atoms with E-state index in [1.165, 1.54) is 7.11 Å². The largest absolute Gasteiger partial charge is 0.493 e. The van der Waals surface area contributed by atoms with Crippen LogP contribution in [0.4, 0.5) is 5.69 Å². The van der Waals surface area contributed by atoms with Gasteiger partial charge in [0.1, 0.15) is 11.5 Å². The second-order valence-corrected chi connectivity index (χ2v) is 11.1.